The molecular weight excluding hydrogens is 232 g/mol. The van der Waals surface area contributed by atoms with Crippen LogP contribution in [-0.4, -0.2) is 18.0 Å². The summed E-state index contributed by atoms with van der Waals surface area (Å²) in [5.41, 5.74) is 12.2. The van der Waals surface area contributed by atoms with Gasteiger partial charge in [-0.1, -0.05) is 12.1 Å². The van der Waals surface area contributed by atoms with Gasteiger partial charge in [0.05, 0.1) is 0 Å². The summed E-state index contributed by atoms with van der Waals surface area (Å²) in [5.74, 6) is -0.449. The molecule has 1 unspecified atom stereocenters. The van der Waals surface area contributed by atoms with Crippen LogP contribution in [0.25, 0.3) is 0 Å². The van der Waals surface area contributed by atoms with E-state index in [0.717, 1.165) is 5.56 Å². The molecule has 0 heterocycles. The Kier molecular flexibility index (Phi) is 5.13. The average Bonchev–Trinajstić information content (AvgIpc) is 2.28. The lowest BCUT2D eigenvalue weighted by molar-refractivity contribution is -0.118. The molecule has 0 aliphatic rings. The van der Waals surface area contributed by atoms with Gasteiger partial charge in [0.2, 0.25) is 5.91 Å². The molecule has 18 heavy (non-hydrogen) atoms. The molecule has 3 amide bonds. The van der Waals surface area contributed by atoms with E-state index in [9.17, 15) is 9.59 Å². The number of amides is 3. The van der Waals surface area contributed by atoms with E-state index in [1.54, 1.807) is 19.1 Å². The lowest BCUT2D eigenvalue weighted by atomic mass is 10.2. The highest BCUT2D eigenvalue weighted by molar-refractivity contribution is 5.89. The molecule has 0 spiro atoms. The molecule has 6 heteroatoms. The molecule has 0 saturated carbocycles. The van der Waals surface area contributed by atoms with E-state index >= 15 is 0 Å². The number of urea groups is 1. The van der Waals surface area contributed by atoms with Crippen LogP contribution in [0.4, 0.5) is 10.5 Å². The Labute approximate surface area is 106 Å². The third-order valence-electron chi connectivity index (χ3n) is 2.33. The summed E-state index contributed by atoms with van der Waals surface area (Å²) in [6, 6.07) is 6.53. The van der Waals surface area contributed by atoms with Crippen molar-refractivity contribution in [2.45, 2.75) is 25.9 Å². The largest absolute Gasteiger partial charge is 0.370 e. The summed E-state index contributed by atoms with van der Waals surface area (Å²) in [6.07, 6.45) is 0.111. The van der Waals surface area contributed by atoms with Crippen molar-refractivity contribution < 1.29 is 9.59 Å². The molecule has 0 aliphatic carbocycles. The topological polar surface area (TPSA) is 110 Å². The number of nitrogens with two attached hydrogens (primary N) is 2. The van der Waals surface area contributed by atoms with Crippen LogP contribution in [0.1, 0.15) is 18.9 Å². The van der Waals surface area contributed by atoms with Gasteiger partial charge in [0.1, 0.15) is 0 Å². The molecule has 0 saturated heterocycles. The Morgan fingerprint density at radius 1 is 1.28 bits per heavy atom. The van der Waals surface area contributed by atoms with Crippen molar-refractivity contribution in [2.75, 3.05) is 5.32 Å². The molecule has 6 N–H and O–H groups in total. The van der Waals surface area contributed by atoms with Gasteiger partial charge in [0.15, 0.2) is 0 Å². The molecule has 1 aromatic rings. The number of carbonyl (C=O) groups is 2. The highest BCUT2D eigenvalue weighted by Crippen LogP contribution is 2.08. The molecule has 1 rings (SSSR count). The van der Waals surface area contributed by atoms with Crippen LogP contribution in [0.5, 0.6) is 0 Å². The summed E-state index contributed by atoms with van der Waals surface area (Å²) in [5, 5.41) is 5.27. The summed E-state index contributed by atoms with van der Waals surface area (Å²) in [6.45, 7) is 2.17. The minimum absolute atomic E-state index is 0.111. The molecule has 0 aliphatic heterocycles. The van der Waals surface area contributed by atoms with E-state index in [-0.39, 0.29) is 18.5 Å². The van der Waals surface area contributed by atoms with Gasteiger partial charge in [-0.05, 0) is 24.6 Å². The minimum atomic E-state index is -0.449. The van der Waals surface area contributed by atoms with Crippen molar-refractivity contribution in [3.05, 3.63) is 29.8 Å². The molecule has 98 valence electrons. The predicted molar refractivity (Wildman–Crippen MR) is 69.8 cm³/mol. The molecular formula is C12H18N4O2. The van der Waals surface area contributed by atoms with Crippen LogP contribution in [0.15, 0.2) is 24.3 Å². The Morgan fingerprint density at radius 3 is 2.39 bits per heavy atom. The second-order valence-electron chi connectivity index (χ2n) is 4.07. The smallest absolute Gasteiger partial charge is 0.319 e. The van der Waals surface area contributed by atoms with E-state index in [4.69, 9.17) is 11.5 Å². The number of hydrogen-bond donors (Lipinski definition) is 4. The molecule has 1 aromatic carbocycles. The maximum atomic E-state index is 11.6. The van der Waals surface area contributed by atoms with Gasteiger partial charge in [0, 0.05) is 24.7 Å². The van der Waals surface area contributed by atoms with Crippen LogP contribution >= 0.6 is 0 Å². The van der Waals surface area contributed by atoms with Crippen LogP contribution < -0.4 is 22.1 Å². The fourth-order valence-electron chi connectivity index (χ4n) is 1.47. The monoisotopic (exact) mass is 250 g/mol. The Balaban J connectivity index is 2.46. The predicted octanol–water partition coefficient (Wildman–Crippen LogP) is 0.531. The standard InChI is InChI=1S/C12H18N4O2/c1-8(6-11(14)17)15-12(18)16-10-4-2-9(7-13)3-5-10/h2-5,8H,6-7,13H2,1H3,(H2,14,17)(H2,15,16,18). The number of carbonyl (C=O) groups excluding carboxylic acids is 2. The second-order valence-corrected chi connectivity index (χ2v) is 4.07. The third kappa shape index (κ3) is 4.84. The summed E-state index contributed by atoms with van der Waals surface area (Å²) in [4.78, 5) is 22.2. The van der Waals surface area contributed by atoms with Gasteiger partial charge in [0.25, 0.3) is 0 Å². The summed E-state index contributed by atoms with van der Waals surface area (Å²) in [7, 11) is 0. The zero-order valence-electron chi connectivity index (χ0n) is 10.3. The van der Waals surface area contributed by atoms with Crippen LogP contribution in [-0.2, 0) is 11.3 Å². The minimum Gasteiger partial charge on any atom is -0.370 e. The first-order valence-corrected chi connectivity index (χ1v) is 5.66. The number of hydrogen-bond acceptors (Lipinski definition) is 3. The van der Waals surface area contributed by atoms with E-state index in [1.807, 2.05) is 12.1 Å². The molecule has 0 radical (unpaired) electrons. The lowest BCUT2D eigenvalue weighted by Crippen LogP contribution is -2.38. The number of primary amides is 1. The van der Waals surface area contributed by atoms with E-state index in [2.05, 4.69) is 10.6 Å². The van der Waals surface area contributed by atoms with Crippen molar-refractivity contribution >= 4 is 17.6 Å². The summed E-state index contributed by atoms with van der Waals surface area (Å²) >= 11 is 0. The maximum absolute atomic E-state index is 11.6. The third-order valence-corrected chi connectivity index (χ3v) is 2.33. The molecule has 0 aromatic heterocycles. The van der Waals surface area contributed by atoms with E-state index in [0.29, 0.717) is 12.2 Å². The van der Waals surface area contributed by atoms with Gasteiger partial charge in [-0.25, -0.2) is 4.79 Å². The number of nitrogens with one attached hydrogen (secondary N) is 2. The molecule has 6 nitrogen and oxygen atoms in total. The maximum Gasteiger partial charge on any atom is 0.319 e. The quantitative estimate of drug-likeness (QED) is 0.611. The van der Waals surface area contributed by atoms with Crippen LogP contribution in [0.3, 0.4) is 0 Å². The number of anilines is 1. The molecule has 0 fully saturated rings. The summed E-state index contributed by atoms with van der Waals surface area (Å²) < 4.78 is 0. The fraction of sp³-hybridized carbons (Fsp3) is 0.333. The zero-order chi connectivity index (χ0) is 13.5. The van der Waals surface area contributed by atoms with Gasteiger partial charge in [-0.15, -0.1) is 0 Å². The van der Waals surface area contributed by atoms with Crippen molar-refractivity contribution in [2.24, 2.45) is 11.5 Å². The highest BCUT2D eigenvalue weighted by atomic mass is 16.2. The van der Waals surface area contributed by atoms with Crippen molar-refractivity contribution in [3.63, 3.8) is 0 Å². The first kappa shape index (κ1) is 14.0. The Morgan fingerprint density at radius 2 is 1.89 bits per heavy atom. The van der Waals surface area contributed by atoms with Crippen molar-refractivity contribution in [3.8, 4) is 0 Å². The van der Waals surface area contributed by atoms with Gasteiger partial charge < -0.3 is 22.1 Å². The molecule has 1 atom stereocenters. The van der Waals surface area contributed by atoms with Crippen molar-refractivity contribution in [1.82, 2.24) is 5.32 Å². The first-order valence-electron chi connectivity index (χ1n) is 5.66. The van der Waals surface area contributed by atoms with Gasteiger partial charge in [-0.3, -0.25) is 4.79 Å². The zero-order valence-corrected chi connectivity index (χ0v) is 10.3. The number of benzene rings is 1. The lowest BCUT2D eigenvalue weighted by Gasteiger charge is -2.13. The van der Waals surface area contributed by atoms with Gasteiger partial charge in [-0.2, -0.15) is 0 Å². The Bertz CT molecular complexity index is 417. The first-order chi connectivity index (χ1) is 8.51. The number of rotatable bonds is 5. The Hall–Kier alpha value is -2.08. The normalized spacial score (nSPS) is 11.7. The average molecular weight is 250 g/mol. The van der Waals surface area contributed by atoms with Crippen LogP contribution in [0.2, 0.25) is 0 Å². The van der Waals surface area contributed by atoms with E-state index in [1.165, 1.54) is 0 Å². The molecule has 0 bridgehead atoms. The van der Waals surface area contributed by atoms with Gasteiger partial charge >= 0.3 is 6.03 Å². The second kappa shape index (κ2) is 6.61. The van der Waals surface area contributed by atoms with Crippen LogP contribution in [0, 0.1) is 0 Å². The van der Waals surface area contributed by atoms with Crippen molar-refractivity contribution in [1.29, 1.82) is 0 Å². The fourth-order valence-corrected chi connectivity index (χ4v) is 1.47. The SMILES string of the molecule is CC(CC(N)=O)NC(=O)Nc1ccc(CN)cc1. The van der Waals surface area contributed by atoms with E-state index < -0.39 is 5.91 Å². The highest BCUT2D eigenvalue weighted by Gasteiger charge is 2.09.